The van der Waals surface area contributed by atoms with Crippen LogP contribution < -0.4 is 4.90 Å². The summed E-state index contributed by atoms with van der Waals surface area (Å²) in [5.41, 5.74) is 6.21. The minimum absolute atomic E-state index is 0.0436. The summed E-state index contributed by atoms with van der Waals surface area (Å²) in [5, 5.41) is 1.18. The Labute approximate surface area is 212 Å². The minimum Gasteiger partial charge on any atom is -0.373 e. The molecule has 2 aromatic carbocycles. The van der Waals surface area contributed by atoms with E-state index in [1.807, 2.05) is 30.5 Å². The van der Waals surface area contributed by atoms with Crippen LogP contribution in [0.2, 0.25) is 0 Å². The van der Waals surface area contributed by atoms with Crippen LogP contribution in [0.25, 0.3) is 26.9 Å². The fourth-order valence-electron chi connectivity index (χ4n) is 6.25. The van der Waals surface area contributed by atoms with E-state index in [4.69, 9.17) is 16.3 Å². The molecular weight excluding hydrogens is 451 g/mol. The van der Waals surface area contributed by atoms with Gasteiger partial charge in [0.2, 0.25) is 0 Å². The van der Waals surface area contributed by atoms with Gasteiger partial charge in [0.05, 0.1) is 42.7 Å². The van der Waals surface area contributed by atoms with Crippen LogP contribution in [-0.4, -0.2) is 60.5 Å². The smallest absolute Gasteiger partial charge is 0.187 e. The number of morpholine rings is 1. The van der Waals surface area contributed by atoms with Crippen LogP contribution >= 0.6 is 0 Å². The number of para-hydroxylation sites is 1. The van der Waals surface area contributed by atoms with Gasteiger partial charge in [-0.05, 0) is 50.2 Å². The first-order valence-electron chi connectivity index (χ1n) is 13.2. The van der Waals surface area contributed by atoms with Crippen molar-refractivity contribution in [1.82, 2.24) is 9.88 Å². The topological polar surface area (TPSA) is 33.0 Å². The molecule has 4 atom stereocenters. The SMILES string of the molecule is [C-]#[N+]c1ccc(-c2cccc3c(C4CC4)c(N4CC[C@@H](N5C[C@@H](C)O[C@@H](C)C5)[C@@H](F)C4)cnc23)cc1. The summed E-state index contributed by atoms with van der Waals surface area (Å²) in [4.78, 5) is 13.0. The third kappa shape index (κ3) is 4.36. The van der Waals surface area contributed by atoms with Gasteiger partial charge in [-0.25, -0.2) is 9.24 Å². The molecule has 3 fully saturated rings. The van der Waals surface area contributed by atoms with E-state index >= 15 is 4.39 Å². The Hall–Kier alpha value is -3.01. The van der Waals surface area contributed by atoms with Gasteiger partial charge in [0.25, 0.3) is 0 Å². The second-order valence-corrected chi connectivity index (χ2v) is 10.7. The summed E-state index contributed by atoms with van der Waals surface area (Å²) in [5.74, 6) is 0.516. The molecule has 3 heterocycles. The van der Waals surface area contributed by atoms with E-state index in [-0.39, 0.29) is 18.2 Å². The van der Waals surface area contributed by atoms with Crippen molar-refractivity contribution < 1.29 is 9.13 Å². The first kappa shape index (κ1) is 23.4. The molecule has 0 unspecified atom stereocenters. The van der Waals surface area contributed by atoms with Crippen molar-refractivity contribution in [3.8, 4) is 11.1 Å². The summed E-state index contributed by atoms with van der Waals surface area (Å²) in [6.45, 7) is 14.3. The number of aromatic nitrogens is 1. The van der Waals surface area contributed by atoms with Gasteiger partial charge >= 0.3 is 0 Å². The van der Waals surface area contributed by atoms with Crippen LogP contribution in [0.15, 0.2) is 48.7 Å². The fourth-order valence-corrected chi connectivity index (χ4v) is 6.25. The van der Waals surface area contributed by atoms with E-state index in [0.29, 0.717) is 18.2 Å². The highest BCUT2D eigenvalue weighted by Gasteiger charge is 2.38. The third-order valence-corrected chi connectivity index (χ3v) is 7.98. The van der Waals surface area contributed by atoms with Gasteiger partial charge in [-0.15, -0.1) is 0 Å². The van der Waals surface area contributed by atoms with Crippen LogP contribution in [0, 0.1) is 6.57 Å². The summed E-state index contributed by atoms with van der Waals surface area (Å²) < 4.78 is 21.5. The zero-order valence-corrected chi connectivity index (χ0v) is 21.0. The lowest BCUT2D eigenvalue weighted by Crippen LogP contribution is -2.58. The number of hydrogen-bond acceptors (Lipinski definition) is 4. The maximum Gasteiger partial charge on any atom is 0.187 e. The monoisotopic (exact) mass is 484 g/mol. The minimum atomic E-state index is -0.897. The number of ether oxygens (including phenoxy) is 1. The predicted octanol–water partition coefficient (Wildman–Crippen LogP) is 6.36. The van der Waals surface area contributed by atoms with Crippen molar-refractivity contribution >= 4 is 22.3 Å². The molecule has 3 aliphatic rings. The molecule has 1 aliphatic carbocycles. The van der Waals surface area contributed by atoms with Crippen molar-refractivity contribution in [3.05, 3.63) is 65.6 Å². The van der Waals surface area contributed by atoms with Gasteiger partial charge in [-0.3, -0.25) is 9.88 Å². The Morgan fingerprint density at radius 3 is 2.42 bits per heavy atom. The van der Waals surface area contributed by atoms with Gasteiger partial charge in [0, 0.05) is 36.6 Å². The lowest BCUT2D eigenvalue weighted by molar-refractivity contribution is -0.0910. The van der Waals surface area contributed by atoms with Crippen molar-refractivity contribution in [2.45, 2.75) is 63.4 Å². The molecule has 1 saturated carbocycles. The molecule has 6 heteroatoms. The zero-order valence-electron chi connectivity index (χ0n) is 21.0. The molecule has 2 saturated heterocycles. The third-order valence-electron chi connectivity index (χ3n) is 7.98. The number of benzene rings is 2. The standard InChI is InChI=1S/C30H33FN4O/c1-19-16-35(17-20(2)36-19)27-13-14-34(18-26(27)31)28-15-33-30-24(21-9-11-23(32-3)12-10-21)5-4-6-25(30)29(28)22-7-8-22/h4-6,9-12,15,19-20,22,26-27H,7-8,13-14,16-18H2,1-2H3/t19-,20+,26-,27+/m0/s1. The van der Waals surface area contributed by atoms with Crippen molar-refractivity contribution in [2.75, 3.05) is 31.1 Å². The van der Waals surface area contributed by atoms with Gasteiger partial charge in [0.1, 0.15) is 6.17 Å². The Bertz CT molecular complexity index is 1290. The highest BCUT2D eigenvalue weighted by molar-refractivity contribution is 5.98. The number of pyridine rings is 1. The molecule has 3 aromatic rings. The number of halogens is 1. The Morgan fingerprint density at radius 2 is 1.75 bits per heavy atom. The first-order chi connectivity index (χ1) is 17.5. The van der Waals surface area contributed by atoms with E-state index in [1.54, 1.807) is 0 Å². The quantitative estimate of drug-likeness (QED) is 0.404. The predicted molar refractivity (Wildman–Crippen MR) is 143 cm³/mol. The second kappa shape index (κ2) is 9.46. The Kier molecular flexibility index (Phi) is 6.15. The maximum absolute atomic E-state index is 15.7. The van der Waals surface area contributed by atoms with Gasteiger partial charge in [0.15, 0.2) is 5.69 Å². The average molecular weight is 485 g/mol. The number of rotatable bonds is 4. The number of hydrogen-bond donors (Lipinski definition) is 0. The molecule has 0 spiro atoms. The lowest BCUT2D eigenvalue weighted by Gasteiger charge is -2.45. The van der Waals surface area contributed by atoms with Crippen LogP contribution in [0.1, 0.15) is 44.6 Å². The van der Waals surface area contributed by atoms with E-state index < -0.39 is 6.17 Å². The summed E-state index contributed by atoms with van der Waals surface area (Å²) in [6, 6.07) is 14.1. The van der Waals surface area contributed by atoms with Crippen molar-refractivity contribution in [3.63, 3.8) is 0 Å². The van der Waals surface area contributed by atoms with Crippen LogP contribution in [-0.2, 0) is 4.74 Å². The van der Waals surface area contributed by atoms with E-state index in [1.165, 1.54) is 23.8 Å². The van der Waals surface area contributed by atoms with Crippen molar-refractivity contribution in [1.29, 1.82) is 0 Å². The van der Waals surface area contributed by atoms with E-state index in [0.717, 1.165) is 48.4 Å². The zero-order chi connectivity index (χ0) is 24.8. The summed E-state index contributed by atoms with van der Waals surface area (Å²) in [7, 11) is 0. The molecule has 36 heavy (non-hydrogen) atoms. The molecule has 186 valence electrons. The van der Waals surface area contributed by atoms with E-state index in [2.05, 4.69) is 46.7 Å². The number of piperidine rings is 1. The largest absolute Gasteiger partial charge is 0.373 e. The normalized spacial score (nSPS) is 27.2. The van der Waals surface area contributed by atoms with E-state index in [9.17, 15) is 0 Å². The van der Waals surface area contributed by atoms with Gasteiger partial charge in [-0.1, -0.05) is 42.5 Å². The highest BCUT2D eigenvalue weighted by Crippen LogP contribution is 2.48. The summed E-state index contributed by atoms with van der Waals surface area (Å²) in [6.07, 6.45) is 4.56. The Morgan fingerprint density at radius 1 is 1.00 bits per heavy atom. The van der Waals surface area contributed by atoms with Gasteiger partial charge in [-0.2, -0.15) is 0 Å². The lowest BCUT2D eigenvalue weighted by atomic mass is 9.94. The highest BCUT2D eigenvalue weighted by atomic mass is 19.1. The number of anilines is 1. The molecule has 0 bridgehead atoms. The molecule has 2 aliphatic heterocycles. The average Bonchev–Trinajstić information content (AvgIpc) is 3.72. The molecule has 1 aromatic heterocycles. The second-order valence-electron chi connectivity index (χ2n) is 10.7. The number of nitrogens with zero attached hydrogens (tertiary/aromatic N) is 4. The number of alkyl halides is 1. The van der Waals surface area contributed by atoms with Crippen LogP contribution in [0.4, 0.5) is 15.8 Å². The maximum atomic E-state index is 15.7. The van der Waals surface area contributed by atoms with Crippen LogP contribution in [0.5, 0.6) is 0 Å². The first-order valence-corrected chi connectivity index (χ1v) is 13.2. The van der Waals surface area contributed by atoms with Gasteiger partial charge < -0.3 is 9.64 Å². The molecule has 0 N–H and O–H groups in total. The summed E-state index contributed by atoms with van der Waals surface area (Å²) >= 11 is 0. The van der Waals surface area contributed by atoms with Crippen molar-refractivity contribution in [2.24, 2.45) is 0 Å². The molecule has 5 nitrogen and oxygen atoms in total. The molecular formula is C30H33FN4O. The Balaban J connectivity index is 1.31. The number of fused-ring (bicyclic) bond motifs is 1. The fraction of sp³-hybridized carbons (Fsp3) is 0.467. The van der Waals surface area contributed by atoms with Crippen LogP contribution in [0.3, 0.4) is 0 Å². The molecule has 0 amide bonds. The molecule has 6 rings (SSSR count). The molecule has 0 radical (unpaired) electrons.